The molecular weight excluding hydrogens is 343 g/mol. The Labute approximate surface area is 139 Å². The molecule has 10 heteroatoms. The van der Waals surface area contributed by atoms with Crippen molar-refractivity contribution in [3.8, 4) is 11.8 Å². The number of hydrogen-bond donors (Lipinski definition) is 1. The molecule has 1 aromatic carbocycles. The van der Waals surface area contributed by atoms with Gasteiger partial charge in [-0.1, -0.05) is 0 Å². The summed E-state index contributed by atoms with van der Waals surface area (Å²) in [5, 5.41) is 21.7. The van der Waals surface area contributed by atoms with E-state index in [2.05, 4.69) is 5.32 Å². The van der Waals surface area contributed by atoms with Gasteiger partial charge >= 0.3 is 6.18 Å². The Kier molecular flexibility index (Phi) is 4.69. The lowest BCUT2D eigenvalue weighted by atomic mass is 9.92. The van der Waals surface area contributed by atoms with Gasteiger partial charge in [0.2, 0.25) is 5.60 Å². The highest BCUT2D eigenvalue weighted by Crippen LogP contribution is 2.44. The number of ether oxygens (including phenoxy) is 1. The molecule has 1 aliphatic heterocycles. The van der Waals surface area contributed by atoms with Crippen LogP contribution in [-0.4, -0.2) is 29.2 Å². The molecule has 0 spiro atoms. The van der Waals surface area contributed by atoms with Gasteiger partial charge in [0.05, 0.1) is 23.0 Å². The highest BCUT2D eigenvalue weighted by molar-refractivity contribution is 6.21. The lowest BCUT2D eigenvalue weighted by Crippen LogP contribution is -2.48. The second-order valence-electron chi connectivity index (χ2n) is 5.37. The number of nitriles is 1. The molecule has 0 aliphatic carbocycles. The van der Waals surface area contributed by atoms with Crippen molar-refractivity contribution in [1.82, 2.24) is 5.32 Å². The van der Waals surface area contributed by atoms with Crippen LogP contribution in [0.15, 0.2) is 24.3 Å². The van der Waals surface area contributed by atoms with Gasteiger partial charge in [-0.05, 0) is 19.1 Å². The predicted molar refractivity (Wildman–Crippen MR) is 79.4 cm³/mol. The molecule has 0 fully saturated rings. The number of hydrogen-bond acceptors (Lipinski definition) is 5. The van der Waals surface area contributed by atoms with E-state index in [1.54, 1.807) is 6.07 Å². The third-order valence-corrected chi connectivity index (χ3v) is 3.54. The van der Waals surface area contributed by atoms with Crippen molar-refractivity contribution in [2.75, 3.05) is 6.54 Å². The van der Waals surface area contributed by atoms with Crippen LogP contribution in [0.3, 0.4) is 0 Å². The van der Waals surface area contributed by atoms with Crippen molar-refractivity contribution >= 4 is 17.2 Å². The molecule has 1 unspecified atom stereocenters. The number of benzene rings is 1. The maximum absolute atomic E-state index is 13.3. The van der Waals surface area contributed by atoms with Gasteiger partial charge in [0.25, 0.3) is 11.6 Å². The third kappa shape index (κ3) is 3.55. The fourth-order valence-corrected chi connectivity index (χ4v) is 2.20. The first-order valence-electron chi connectivity index (χ1n) is 7.01. The van der Waals surface area contributed by atoms with Gasteiger partial charge in [0, 0.05) is 24.2 Å². The lowest BCUT2D eigenvalue weighted by molar-refractivity contribution is -0.384. The van der Waals surface area contributed by atoms with Crippen molar-refractivity contribution in [2.45, 2.75) is 25.1 Å². The van der Waals surface area contributed by atoms with Gasteiger partial charge in [-0.15, -0.1) is 0 Å². The molecule has 1 heterocycles. The number of alkyl halides is 3. The molecule has 7 nitrogen and oxygen atoms in total. The first kappa shape index (κ1) is 18.3. The standard InChI is InChI=1S/C15H12F3N3O4/c1-14(15(16,17)18)8-11(13(22)20-6-2-5-19)10-7-9(21(23)24)3-4-12(10)25-14/h3-4,7-8H,2,6H2,1H3,(H,20,22). The molecule has 1 atom stereocenters. The molecule has 1 N–H and O–H groups in total. The van der Waals surface area contributed by atoms with E-state index >= 15 is 0 Å². The molecule has 1 aromatic rings. The van der Waals surface area contributed by atoms with Gasteiger partial charge in [-0.2, -0.15) is 18.4 Å². The fourth-order valence-electron chi connectivity index (χ4n) is 2.20. The van der Waals surface area contributed by atoms with Gasteiger partial charge in [0.15, 0.2) is 0 Å². The maximum Gasteiger partial charge on any atom is 0.431 e. The van der Waals surface area contributed by atoms with Crippen molar-refractivity contribution in [3.63, 3.8) is 0 Å². The molecule has 0 saturated carbocycles. The summed E-state index contributed by atoms with van der Waals surface area (Å²) in [4.78, 5) is 22.4. The minimum Gasteiger partial charge on any atom is -0.473 e. The number of non-ortho nitro benzene ring substituents is 1. The summed E-state index contributed by atoms with van der Waals surface area (Å²) >= 11 is 0. The van der Waals surface area contributed by atoms with E-state index in [9.17, 15) is 28.1 Å². The summed E-state index contributed by atoms with van der Waals surface area (Å²) in [6.07, 6.45) is -4.26. The average Bonchev–Trinajstić information content (AvgIpc) is 2.52. The number of nitro benzene ring substituents is 1. The smallest absolute Gasteiger partial charge is 0.431 e. The molecule has 1 amide bonds. The second-order valence-corrected chi connectivity index (χ2v) is 5.37. The summed E-state index contributed by atoms with van der Waals surface area (Å²) in [6, 6.07) is 4.77. The molecule has 0 bridgehead atoms. The summed E-state index contributed by atoms with van der Waals surface area (Å²) in [7, 11) is 0. The first-order valence-corrected chi connectivity index (χ1v) is 7.01. The van der Waals surface area contributed by atoms with E-state index in [1.165, 1.54) is 0 Å². The summed E-state index contributed by atoms with van der Waals surface area (Å²) in [5.41, 5.74) is -3.68. The molecule has 0 saturated heterocycles. The van der Waals surface area contributed by atoms with E-state index in [-0.39, 0.29) is 24.3 Å². The molecule has 25 heavy (non-hydrogen) atoms. The van der Waals surface area contributed by atoms with E-state index in [0.29, 0.717) is 6.08 Å². The Bertz CT molecular complexity index is 798. The van der Waals surface area contributed by atoms with Gasteiger partial charge in [-0.3, -0.25) is 14.9 Å². The zero-order valence-electron chi connectivity index (χ0n) is 12.9. The Morgan fingerprint density at radius 3 is 2.72 bits per heavy atom. The van der Waals surface area contributed by atoms with Crippen LogP contribution in [0.25, 0.3) is 5.57 Å². The lowest BCUT2D eigenvalue weighted by Gasteiger charge is -2.35. The SMILES string of the molecule is CC1(C(F)(F)F)C=C(C(=O)NCCC#N)c2cc([N+](=O)[O-])ccc2O1. The molecule has 0 radical (unpaired) electrons. The van der Waals surface area contributed by atoms with Gasteiger partial charge in [-0.25, -0.2) is 0 Å². The number of nitrogens with one attached hydrogen (secondary N) is 1. The minimum absolute atomic E-state index is 0.0339. The number of rotatable bonds is 4. The number of carbonyl (C=O) groups excluding carboxylic acids is 1. The molecule has 132 valence electrons. The Balaban J connectivity index is 2.54. The number of carbonyl (C=O) groups is 1. The maximum atomic E-state index is 13.3. The van der Waals surface area contributed by atoms with Crippen LogP contribution in [0.4, 0.5) is 18.9 Å². The van der Waals surface area contributed by atoms with Crippen molar-refractivity contribution < 1.29 is 27.6 Å². The largest absolute Gasteiger partial charge is 0.473 e. The van der Waals surface area contributed by atoms with Crippen LogP contribution in [0.2, 0.25) is 0 Å². The van der Waals surface area contributed by atoms with E-state index in [0.717, 1.165) is 25.1 Å². The number of nitro groups is 1. The Morgan fingerprint density at radius 1 is 1.48 bits per heavy atom. The number of fused-ring (bicyclic) bond motifs is 1. The molecule has 0 aromatic heterocycles. The minimum atomic E-state index is -4.81. The zero-order chi connectivity index (χ0) is 18.8. The Morgan fingerprint density at radius 2 is 2.16 bits per heavy atom. The van der Waals surface area contributed by atoms with E-state index in [1.807, 2.05) is 0 Å². The van der Waals surface area contributed by atoms with Crippen LogP contribution < -0.4 is 10.1 Å². The highest BCUT2D eigenvalue weighted by atomic mass is 19.4. The fraction of sp³-hybridized carbons (Fsp3) is 0.333. The van der Waals surface area contributed by atoms with E-state index < -0.39 is 33.9 Å². The van der Waals surface area contributed by atoms with Crippen LogP contribution in [0.5, 0.6) is 5.75 Å². The predicted octanol–water partition coefficient (Wildman–Crippen LogP) is 2.72. The Hall–Kier alpha value is -3.09. The third-order valence-electron chi connectivity index (χ3n) is 3.54. The van der Waals surface area contributed by atoms with Gasteiger partial charge in [0.1, 0.15) is 5.75 Å². The van der Waals surface area contributed by atoms with Crippen LogP contribution in [0, 0.1) is 21.4 Å². The zero-order valence-corrected chi connectivity index (χ0v) is 12.9. The molecule has 1 aliphatic rings. The highest BCUT2D eigenvalue weighted by Gasteiger charge is 2.54. The summed E-state index contributed by atoms with van der Waals surface area (Å²) in [6.45, 7) is 0.681. The second kappa shape index (κ2) is 6.43. The average molecular weight is 355 g/mol. The van der Waals surface area contributed by atoms with Crippen LogP contribution in [0.1, 0.15) is 18.9 Å². The van der Waals surface area contributed by atoms with Crippen molar-refractivity contribution in [2.24, 2.45) is 0 Å². The molecule has 2 rings (SSSR count). The first-order chi connectivity index (χ1) is 11.6. The summed E-state index contributed by atoms with van der Waals surface area (Å²) in [5.74, 6) is -1.17. The normalized spacial score (nSPS) is 19.1. The quantitative estimate of drug-likeness (QED) is 0.508. The van der Waals surface area contributed by atoms with E-state index in [4.69, 9.17) is 10.00 Å². The van der Waals surface area contributed by atoms with Crippen LogP contribution >= 0.6 is 0 Å². The van der Waals surface area contributed by atoms with Crippen molar-refractivity contribution in [1.29, 1.82) is 5.26 Å². The number of halogens is 3. The van der Waals surface area contributed by atoms with Crippen LogP contribution in [-0.2, 0) is 4.79 Å². The van der Waals surface area contributed by atoms with Gasteiger partial charge < -0.3 is 10.1 Å². The molecular formula is C15H12F3N3O4. The topological polar surface area (TPSA) is 105 Å². The number of amides is 1. The number of nitrogens with zero attached hydrogens (tertiary/aromatic N) is 2. The van der Waals surface area contributed by atoms with Crippen molar-refractivity contribution in [3.05, 3.63) is 40.0 Å². The summed E-state index contributed by atoms with van der Waals surface area (Å²) < 4.78 is 44.9. The monoisotopic (exact) mass is 355 g/mol.